The predicted octanol–water partition coefficient (Wildman–Crippen LogP) is 5.51. The maximum Gasteiger partial charge on any atom is 0.335 e. The summed E-state index contributed by atoms with van der Waals surface area (Å²) >= 11 is 0. The molecule has 1 aliphatic rings. The number of carboxylic acid groups (broad SMARTS) is 1. The van der Waals surface area contributed by atoms with Gasteiger partial charge in [0.05, 0.1) is 22.3 Å². The number of nitrogens with zero attached hydrogens (tertiary/aromatic N) is 5. The number of rotatable bonds is 5. The zero-order valence-corrected chi connectivity index (χ0v) is 20.1. The number of aromatic carboxylic acids is 1. The lowest BCUT2D eigenvalue weighted by molar-refractivity contribution is 0.0697. The number of piperazine rings is 1. The van der Waals surface area contributed by atoms with Crippen LogP contribution in [0.25, 0.3) is 28.4 Å². The molecule has 1 aromatic heterocycles. The average molecular weight is 478 g/mol. The number of hydrogen-bond donors (Lipinski definition) is 1. The second-order valence-electron chi connectivity index (χ2n) is 8.67. The number of aliphatic imine (C=N–C) groups is 1. The molecular formula is C29H27N5O2. The Morgan fingerprint density at radius 1 is 0.944 bits per heavy atom. The van der Waals surface area contributed by atoms with E-state index < -0.39 is 5.97 Å². The molecule has 1 fully saturated rings. The molecule has 5 rings (SSSR count). The highest BCUT2D eigenvalue weighted by molar-refractivity contribution is 5.93. The summed E-state index contributed by atoms with van der Waals surface area (Å²) in [6, 6.07) is 22.8. The minimum atomic E-state index is -0.978. The minimum absolute atomic E-state index is 0.201. The lowest BCUT2D eigenvalue weighted by Crippen LogP contribution is -2.48. The Hall–Kier alpha value is -4.52. The normalized spacial score (nSPS) is 14.2. The Balaban J connectivity index is 1.45. The van der Waals surface area contributed by atoms with Gasteiger partial charge in [-0.3, -0.25) is 0 Å². The van der Waals surface area contributed by atoms with Crippen molar-refractivity contribution in [1.29, 1.82) is 0 Å². The number of amidine groups is 1. The zero-order valence-electron chi connectivity index (χ0n) is 20.1. The fraction of sp³-hybridized carbons (Fsp3) is 0.172. The first kappa shape index (κ1) is 23.2. The van der Waals surface area contributed by atoms with E-state index in [0.29, 0.717) is 11.0 Å². The van der Waals surface area contributed by atoms with Gasteiger partial charge in [-0.2, -0.15) is 0 Å². The number of hydrogen-bond acceptors (Lipinski definition) is 5. The van der Waals surface area contributed by atoms with Crippen molar-refractivity contribution in [3.8, 4) is 11.3 Å². The molecule has 2 heterocycles. The lowest BCUT2D eigenvalue weighted by atomic mass is 10.1. The maximum absolute atomic E-state index is 11.5. The minimum Gasteiger partial charge on any atom is -0.478 e. The Bertz CT molecular complexity index is 1460. The summed E-state index contributed by atoms with van der Waals surface area (Å²) in [5, 5.41) is 9.43. The van der Waals surface area contributed by atoms with E-state index in [0.717, 1.165) is 60.3 Å². The number of carboxylic acids is 1. The van der Waals surface area contributed by atoms with E-state index >= 15 is 0 Å². The fourth-order valence-electron chi connectivity index (χ4n) is 4.44. The first-order valence-electron chi connectivity index (χ1n) is 11.9. The zero-order chi connectivity index (χ0) is 25.1. The average Bonchev–Trinajstić information content (AvgIpc) is 2.92. The van der Waals surface area contributed by atoms with Crippen LogP contribution < -0.4 is 4.90 Å². The molecular weight excluding hydrogens is 450 g/mol. The van der Waals surface area contributed by atoms with Gasteiger partial charge in [-0.1, -0.05) is 61.2 Å². The van der Waals surface area contributed by atoms with Gasteiger partial charge in [0.25, 0.3) is 0 Å². The van der Waals surface area contributed by atoms with Crippen molar-refractivity contribution in [3.63, 3.8) is 0 Å². The van der Waals surface area contributed by atoms with Crippen LogP contribution in [0, 0.1) is 0 Å². The van der Waals surface area contributed by atoms with Crippen LogP contribution in [0.2, 0.25) is 0 Å². The Kier molecular flexibility index (Phi) is 6.45. The molecule has 36 heavy (non-hydrogen) atoms. The van der Waals surface area contributed by atoms with Gasteiger partial charge in [0.15, 0.2) is 5.82 Å². The second-order valence-corrected chi connectivity index (χ2v) is 8.67. The van der Waals surface area contributed by atoms with Gasteiger partial charge in [-0.15, -0.1) is 0 Å². The monoisotopic (exact) mass is 477 g/mol. The van der Waals surface area contributed by atoms with Crippen molar-refractivity contribution in [3.05, 3.63) is 90.5 Å². The van der Waals surface area contributed by atoms with Gasteiger partial charge >= 0.3 is 5.97 Å². The molecule has 0 atom stereocenters. The summed E-state index contributed by atoms with van der Waals surface area (Å²) in [7, 11) is 0. The Morgan fingerprint density at radius 3 is 2.39 bits per heavy atom. The number of para-hydroxylation sites is 1. The van der Waals surface area contributed by atoms with Crippen LogP contribution in [0.4, 0.5) is 11.5 Å². The third kappa shape index (κ3) is 4.68. The molecule has 7 heteroatoms. The van der Waals surface area contributed by atoms with Crippen LogP contribution in [0.5, 0.6) is 0 Å². The number of benzene rings is 3. The molecule has 180 valence electrons. The number of anilines is 1. The molecule has 0 amide bonds. The molecule has 1 saturated heterocycles. The van der Waals surface area contributed by atoms with E-state index in [1.807, 2.05) is 67.6 Å². The van der Waals surface area contributed by atoms with Crippen LogP contribution in [0.15, 0.2) is 84.4 Å². The van der Waals surface area contributed by atoms with Crippen LogP contribution in [0.1, 0.15) is 22.8 Å². The highest BCUT2D eigenvalue weighted by Gasteiger charge is 2.23. The maximum atomic E-state index is 11.5. The molecule has 0 bridgehead atoms. The number of carbonyl (C=O) groups is 1. The van der Waals surface area contributed by atoms with Crippen molar-refractivity contribution >= 4 is 40.4 Å². The largest absolute Gasteiger partial charge is 0.478 e. The highest BCUT2D eigenvalue weighted by atomic mass is 16.4. The van der Waals surface area contributed by atoms with Gasteiger partial charge in [-0.05, 0) is 36.8 Å². The molecule has 0 spiro atoms. The van der Waals surface area contributed by atoms with E-state index in [9.17, 15) is 9.90 Å². The third-order valence-corrected chi connectivity index (χ3v) is 6.42. The standard InChI is InChI=1S/C29H27N5O2/c1-3-21-9-7-8-12-24(21)30-20(2)33-15-17-34(18-16-33)28-27(22-10-5-4-6-11-22)31-25-14-13-23(29(35)36)19-26(25)32-28/h3-14,19H,1,15-18H2,2H3,(H,35,36). The van der Waals surface area contributed by atoms with Gasteiger partial charge in [0.1, 0.15) is 11.5 Å². The summed E-state index contributed by atoms with van der Waals surface area (Å²) in [5.41, 5.74) is 5.14. The van der Waals surface area contributed by atoms with Crippen LogP contribution in [-0.2, 0) is 0 Å². The molecule has 0 radical (unpaired) electrons. The van der Waals surface area contributed by atoms with Gasteiger partial charge < -0.3 is 14.9 Å². The molecule has 0 saturated carbocycles. The van der Waals surface area contributed by atoms with Crippen LogP contribution >= 0.6 is 0 Å². The second kappa shape index (κ2) is 10.00. The SMILES string of the molecule is C=Cc1ccccc1N=C(C)N1CCN(c2nc3cc(C(=O)O)ccc3nc2-c2ccccc2)CC1. The van der Waals surface area contributed by atoms with Gasteiger partial charge in [-0.25, -0.2) is 19.8 Å². The smallest absolute Gasteiger partial charge is 0.335 e. The summed E-state index contributed by atoms with van der Waals surface area (Å²) in [6.45, 7) is 8.99. The van der Waals surface area contributed by atoms with Crippen molar-refractivity contribution in [2.24, 2.45) is 4.99 Å². The predicted molar refractivity (Wildman–Crippen MR) is 145 cm³/mol. The van der Waals surface area contributed by atoms with Gasteiger partial charge in [0.2, 0.25) is 0 Å². The summed E-state index contributed by atoms with van der Waals surface area (Å²) < 4.78 is 0. The van der Waals surface area contributed by atoms with E-state index in [2.05, 4.69) is 16.4 Å². The van der Waals surface area contributed by atoms with Crippen molar-refractivity contribution in [2.75, 3.05) is 31.1 Å². The summed E-state index contributed by atoms with van der Waals surface area (Å²) in [4.78, 5) is 30.7. The highest BCUT2D eigenvalue weighted by Crippen LogP contribution is 2.31. The van der Waals surface area contributed by atoms with Crippen molar-refractivity contribution in [2.45, 2.75) is 6.92 Å². The Morgan fingerprint density at radius 2 is 1.67 bits per heavy atom. The third-order valence-electron chi connectivity index (χ3n) is 6.42. The molecule has 3 aromatic carbocycles. The van der Waals surface area contributed by atoms with E-state index in [4.69, 9.17) is 15.0 Å². The lowest BCUT2D eigenvalue weighted by Gasteiger charge is -2.37. The van der Waals surface area contributed by atoms with E-state index in [1.165, 1.54) is 0 Å². The first-order chi connectivity index (χ1) is 17.5. The molecule has 0 unspecified atom stereocenters. The van der Waals surface area contributed by atoms with E-state index in [-0.39, 0.29) is 5.56 Å². The van der Waals surface area contributed by atoms with Crippen molar-refractivity contribution in [1.82, 2.24) is 14.9 Å². The topological polar surface area (TPSA) is 81.9 Å². The number of aromatic nitrogens is 2. The van der Waals surface area contributed by atoms with Gasteiger partial charge in [0, 0.05) is 31.7 Å². The number of fused-ring (bicyclic) bond motifs is 1. The first-order valence-corrected chi connectivity index (χ1v) is 11.9. The summed E-state index contributed by atoms with van der Waals surface area (Å²) in [5.74, 6) is 0.749. The summed E-state index contributed by atoms with van der Waals surface area (Å²) in [6.07, 6.45) is 1.82. The molecule has 7 nitrogen and oxygen atoms in total. The molecule has 1 aliphatic heterocycles. The van der Waals surface area contributed by atoms with Crippen LogP contribution in [0.3, 0.4) is 0 Å². The van der Waals surface area contributed by atoms with E-state index in [1.54, 1.807) is 18.2 Å². The van der Waals surface area contributed by atoms with Crippen LogP contribution in [-0.4, -0.2) is 58.0 Å². The van der Waals surface area contributed by atoms with Crippen molar-refractivity contribution < 1.29 is 9.90 Å². The molecule has 0 aliphatic carbocycles. The quantitative estimate of drug-likeness (QED) is 0.302. The molecule has 1 N–H and O–H groups in total. The Labute approximate surface area is 210 Å². The fourth-order valence-corrected chi connectivity index (χ4v) is 4.44. The molecule has 4 aromatic rings.